The van der Waals surface area contributed by atoms with Crippen molar-refractivity contribution in [3.8, 4) is 0 Å². The van der Waals surface area contributed by atoms with E-state index < -0.39 is 0 Å². The lowest BCUT2D eigenvalue weighted by molar-refractivity contribution is 0.0853. The van der Waals surface area contributed by atoms with Crippen LogP contribution >= 0.6 is 0 Å². The van der Waals surface area contributed by atoms with Gasteiger partial charge in [-0.15, -0.1) is 0 Å². The summed E-state index contributed by atoms with van der Waals surface area (Å²) in [6.07, 6.45) is 6.66. The third-order valence-corrected chi connectivity index (χ3v) is 4.63. The summed E-state index contributed by atoms with van der Waals surface area (Å²) in [6, 6.07) is 8.10. The molecular formula is C17H22N2O. The van der Waals surface area contributed by atoms with Crippen LogP contribution in [0, 0.1) is 5.41 Å². The molecule has 3 rings (SSSR count). The molecule has 0 bridgehead atoms. The number of hydrogen-bond donors (Lipinski definition) is 2. The van der Waals surface area contributed by atoms with Crippen LogP contribution in [0.15, 0.2) is 30.5 Å². The van der Waals surface area contributed by atoms with Gasteiger partial charge in [0.25, 0.3) is 5.91 Å². The summed E-state index contributed by atoms with van der Waals surface area (Å²) in [5.41, 5.74) is 2.02. The lowest BCUT2D eigenvalue weighted by Gasteiger charge is -2.39. The van der Waals surface area contributed by atoms with Crippen molar-refractivity contribution in [1.29, 1.82) is 0 Å². The number of benzene rings is 1. The lowest BCUT2D eigenvalue weighted by Crippen LogP contribution is -2.46. The zero-order valence-corrected chi connectivity index (χ0v) is 12.2. The highest BCUT2D eigenvalue weighted by molar-refractivity contribution is 5.98. The predicted molar refractivity (Wildman–Crippen MR) is 81.8 cm³/mol. The number of rotatable bonds is 2. The van der Waals surface area contributed by atoms with Crippen molar-refractivity contribution in [1.82, 2.24) is 10.3 Å². The van der Waals surface area contributed by atoms with Crippen LogP contribution in [-0.2, 0) is 0 Å². The average Bonchev–Trinajstić information content (AvgIpc) is 2.88. The molecule has 1 saturated carbocycles. The Hall–Kier alpha value is -1.77. The SMILES string of the molecule is CC1(C)CCCCC1NC(=O)c1ccc2[nH]ccc2c1. The van der Waals surface area contributed by atoms with Gasteiger partial charge in [0.05, 0.1) is 0 Å². The van der Waals surface area contributed by atoms with E-state index in [-0.39, 0.29) is 17.4 Å². The van der Waals surface area contributed by atoms with Gasteiger partial charge >= 0.3 is 0 Å². The van der Waals surface area contributed by atoms with Crippen LogP contribution in [0.4, 0.5) is 0 Å². The molecule has 3 heteroatoms. The van der Waals surface area contributed by atoms with E-state index in [0.29, 0.717) is 0 Å². The van der Waals surface area contributed by atoms with Gasteiger partial charge in [0.15, 0.2) is 0 Å². The minimum absolute atomic E-state index is 0.0491. The van der Waals surface area contributed by atoms with Crippen molar-refractivity contribution < 1.29 is 4.79 Å². The molecule has 2 aromatic rings. The fourth-order valence-electron chi connectivity index (χ4n) is 3.20. The largest absolute Gasteiger partial charge is 0.361 e. The molecular weight excluding hydrogens is 248 g/mol. The maximum Gasteiger partial charge on any atom is 0.251 e. The van der Waals surface area contributed by atoms with Crippen molar-refractivity contribution in [3.05, 3.63) is 36.0 Å². The Balaban J connectivity index is 1.78. The van der Waals surface area contributed by atoms with Gasteiger partial charge < -0.3 is 10.3 Å². The molecule has 3 nitrogen and oxygen atoms in total. The molecule has 0 radical (unpaired) electrons. The van der Waals surface area contributed by atoms with Gasteiger partial charge in [0.1, 0.15) is 0 Å². The summed E-state index contributed by atoms with van der Waals surface area (Å²) in [4.78, 5) is 15.6. The fraction of sp³-hybridized carbons (Fsp3) is 0.471. The van der Waals surface area contributed by atoms with Crippen molar-refractivity contribution in [2.24, 2.45) is 5.41 Å². The summed E-state index contributed by atoms with van der Waals surface area (Å²) < 4.78 is 0. The number of carbonyl (C=O) groups excluding carboxylic acids is 1. The summed E-state index contributed by atoms with van der Waals surface area (Å²) in [5.74, 6) is 0.0491. The van der Waals surface area contributed by atoms with E-state index >= 15 is 0 Å². The first kappa shape index (κ1) is 13.2. The van der Waals surface area contributed by atoms with Crippen molar-refractivity contribution >= 4 is 16.8 Å². The summed E-state index contributed by atoms with van der Waals surface area (Å²) >= 11 is 0. The van der Waals surface area contributed by atoms with Crippen LogP contribution in [0.1, 0.15) is 49.9 Å². The Morgan fingerprint density at radius 3 is 2.95 bits per heavy atom. The average molecular weight is 270 g/mol. The van der Waals surface area contributed by atoms with E-state index in [9.17, 15) is 4.79 Å². The second kappa shape index (κ2) is 4.97. The Bertz CT molecular complexity index is 627. The first-order valence-corrected chi connectivity index (χ1v) is 7.44. The zero-order chi connectivity index (χ0) is 14.2. The summed E-state index contributed by atoms with van der Waals surface area (Å²) in [7, 11) is 0. The van der Waals surface area contributed by atoms with Crippen LogP contribution in [0.25, 0.3) is 10.9 Å². The maximum atomic E-state index is 12.4. The molecule has 1 unspecified atom stereocenters. The second-order valence-corrected chi connectivity index (χ2v) is 6.54. The minimum atomic E-state index is 0.0491. The Morgan fingerprint density at radius 2 is 2.15 bits per heavy atom. The molecule has 1 aliphatic carbocycles. The lowest BCUT2D eigenvalue weighted by atomic mass is 9.73. The van der Waals surface area contributed by atoms with E-state index in [2.05, 4.69) is 24.1 Å². The molecule has 1 atom stereocenters. The number of amides is 1. The van der Waals surface area contributed by atoms with E-state index in [0.717, 1.165) is 22.9 Å². The highest BCUT2D eigenvalue weighted by atomic mass is 16.1. The predicted octanol–water partition coefficient (Wildman–Crippen LogP) is 3.87. The number of carbonyl (C=O) groups is 1. The number of nitrogens with one attached hydrogen (secondary N) is 2. The molecule has 0 saturated heterocycles. The molecule has 1 aromatic carbocycles. The molecule has 20 heavy (non-hydrogen) atoms. The molecule has 1 fully saturated rings. The van der Waals surface area contributed by atoms with Gasteiger partial charge in [0, 0.05) is 28.7 Å². The first-order chi connectivity index (χ1) is 9.56. The third-order valence-electron chi connectivity index (χ3n) is 4.63. The number of fused-ring (bicyclic) bond motifs is 1. The topological polar surface area (TPSA) is 44.9 Å². The molecule has 106 valence electrons. The minimum Gasteiger partial charge on any atom is -0.361 e. The number of aromatic nitrogens is 1. The normalized spacial score (nSPS) is 21.8. The number of H-pyrrole nitrogens is 1. The number of hydrogen-bond acceptors (Lipinski definition) is 1. The van der Waals surface area contributed by atoms with E-state index in [4.69, 9.17) is 0 Å². The van der Waals surface area contributed by atoms with Crippen LogP contribution in [-0.4, -0.2) is 16.9 Å². The van der Waals surface area contributed by atoms with Crippen LogP contribution in [0.5, 0.6) is 0 Å². The van der Waals surface area contributed by atoms with Gasteiger partial charge in [-0.3, -0.25) is 4.79 Å². The molecule has 1 amide bonds. The third kappa shape index (κ3) is 2.45. The molecule has 1 aliphatic rings. The molecule has 0 spiro atoms. The summed E-state index contributed by atoms with van der Waals surface area (Å²) in [6.45, 7) is 4.51. The van der Waals surface area contributed by atoms with Gasteiger partial charge in [-0.1, -0.05) is 26.7 Å². The summed E-state index contributed by atoms with van der Waals surface area (Å²) in [5, 5.41) is 4.32. The van der Waals surface area contributed by atoms with Gasteiger partial charge in [-0.2, -0.15) is 0 Å². The highest BCUT2D eigenvalue weighted by Crippen LogP contribution is 2.35. The van der Waals surface area contributed by atoms with E-state index in [1.807, 2.05) is 30.5 Å². The smallest absolute Gasteiger partial charge is 0.251 e. The fourth-order valence-corrected chi connectivity index (χ4v) is 3.20. The van der Waals surface area contributed by atoms with E-state index in [1.54, 1.807) is 0 Å². The van der Waals surface area contributed by atoms with Crippen LogP contribution in [0.2, 0.25) is 0 Å². The number of aromatic amines is 1. The van der Waals surface area contributed by atoms with E-state index in [1.165, 1.54) is 19.3 Å². The first-order valence-electron chi connectivity index (χ1n) is 7.44. The van der Waals surface area contributed by atoms with Gasteiger partial charge in [0.2, 0.25) is 0 Å². The van der Waals surface area contributed by atoms with Crippen molar-refractivity contribution in [3.63, 3.8) is 0 Å². The van der Waals surface area contributed by atoms with Crippen molar-refractivity contribution in [2.75, 3.05) is 0 Å². The Kier molecular flexibility index (Phi) is 3.28. The second-order valence-electron chi connectivity index (χ2n) is 6.54. The molecule has 1 aromatic heterocycles. The van der Waals surface area contributed by atoms with Crippen molar-refractivity contribution in [2.45, 2.75) is 45.6 Å². The monoisotopic (exact) mass is 270 g/mol. The Labute approximate surface area is 119 Å². The zero-order valence-electron chi connectivity index (χ0n) is 12.2. The van der Waals surface area contributed by atoms with Gasteiger partial charge in [-0.05, 0) is 42.5 Å². The maximum absolute atomic E-state index is 12.4. The van der Waals surface area contributed by atoms with Gasteiger partial charge in [-0.25, -0.2) is 0 Å². The standard InChI is InChI=1S/C17H22N2O/c1-17(2)9-4-3-5-15(17)19-16(20)13-6-7-14-12(11-13)8-10-18-14/h6-8,10-11,15,18H,3-5,9H2,1-2H3,(H,19,20). The molecule has 1 heterocycles. The molecule has 0 aliphatic heterocycles. The van der Waals surface area contributed by atoms with Crippen LogP contribution < -0.4 is 5.32 Å². The molecule has 2 N–H and O–H groups in total. The Morgan fingerprint density at radius 1 is 1.30 bits per heavy atom. The highest BCUT2D eigenvalue weighted by Gasteiger charge is 2.33. The quantitative estimate of drug-likeness (QED) is 0.855. The van der Waals surface area contributed by atoms with Crippen LogP contribution in [0.3, 0.4) is 0 Å².